The Morgan fingerprint density at radius 3 is 2.42 bits per heavy atom. The van der Waals surface area contributed by atoms with Gasteiger partial charge in [0, 0.05) is 30.0 Å². The maximum Gasteiger partial charge on any atom is 0.319 e. The van der Waals surface area contributed by atoms with Crippen LogP contribution in [-0.2, 0) is 25.5 Å². The molecule has 0 aromatic heterocycles. The van der Waals surface area contributed by atoms with E-state index in [2.05, 4.69) is 10.6 Å². The van der Waals surface area contributed by atoms with Gasteiger partial charge in [-0.15, -0.1) is 0 Å². The number of amides is 4. The zero-order valence-electron chi connectivity index (χ0n) is 25.6. The van der Waals surface area contributed by atoms with Gasteiger partial charge in [0.25, 0.3) is 5.91 Å². The molecule has 0 radical (unpaired) electrons. The van der Waals surface area contributed by atoms with Gasteiger partial charge < -0.3 is 29.9 Å². The topological polar surface area (TPSA) is 117 Å². The second kappa shape index (κ2) is 16.5. The van der Waals surface area contributed by atoms with Gasteiger partial charge in [0.1, 0.15) is 5.75 Å². The summed E-state index contributed by atoms with van der Waals surface area (Å²) in [6.45, 7) is -0.0409. The van der Waals surface area contributed by atoms with Gasteiger partial charge in [0.2, 0.25) is 5.91 Å². The first-order valence-corrected chi connectivity index (χ1v) is 15.4. The lowest BCUT2D eigenvalue weighted by atomic mass is 9.89. The fourth-order valence-electron chi connectivity index (χ4n) is 5.25. The molecular weight excluding hydrogens is 596 g/mol. The fourth-order valence-corrected chi connectivity index (χ4v) is 5.44. The molecule has 1 fully saturated rings. The minimum Gasteiger partial charge on any atom is -0.482 e. The number of carbonyl (C=O) groups is 4. The lowest BCUT2D eigenvalue weighted by Crippen LogP contribution is -2.44. The summed E-state index contributed by atoms with van der Waals surface area (Å²) < 4.78 is 10.7. The summed E-state index contributed by atoms with van der Waals surface area (Å²) in [6.07, 6.45) is 5.47. The van der Waals surface area contributed by atoms with Crippen LogP contribution >= 0.6 is 11.6 Å². The summed E-state index contributed by atoms with van der Waals surface area (Å²) in [5.41, 5.74) is 2.33. The molecule has 1 aliphatic carbocycles. The van der Waals surface area contributed by atoms with Crippen molar-refractivity contribution in [1.82, 2.24) is 5.32 Å². The van der Waals surface area contributed by atoms with Crippen molar-refractivity contribution >= 4 is 52.5 Å². The van der Waals surface area contributed by atoms with Crippen LogP contribution in [0.5, 0.6) is 5.75 Å². The number of urea groups is 1. The van der Waals surface area contributed by atoms with Crippen LogP contribution in [0.2, 0.25) is 5.02 Å². The standard InChI is InChI=1S/C34H39ClN4O6/c1-38(28-15-9-13-26(35)20-28)32(41)23-45-30-17-7-6-16-29(30)39(22-24-10-4-3-5-11-24)31(40)21-36-34(43)37-27-14-8-12-25(18-27)19-33(42)44-2/h6-9,12-18,20,24H,3-5,10-11,19,21-23H2,1-2H3,(H2,36,37,43). The molecular formula is C34H39ClN4O6. The normalized spacial score (nSPS) is 13.0. The molecule has 45 heavy (non-hydrogen) atoms. The van der Waals surface area contributed by atoms with Crippen molar-refractivity contribution < 1.29 is 28.7 Å². The third-order valence-corrected chi connectivity index (χ3v) is 7.94. The molecule has 0 atom stereocenters. The molecule has 0 saturated heterocycles. The van der Waals surface area contributed by atoms with E-state index < -0.39 is 6.03 Å². The lowest BCUT2D eigenvalue weighted by Gasteiger charge is -2.31. The average Bonchev–Trinajstić information content (AvgIpc) is 3.05. The molecule has 0 heterocycles. The fraction of sp³-hybridized carbons (Fsp3) is 0.353. The number of methoxy groups -OCH3 is 1. The van der Waals surface area contributed by atoms with Gasteiger partial charge in [-0.05, 0) is 66.8 Å². The maximum absolute atomic E-state index is 13.7. The first-order valence-electron chi connectivity index (χ1n) is 15.0. The number of nitrogens with one attached hydrogen (secondary N) is 2. The Labute approximate surface area is 268 Å². The van der Waals surface area contributed by atoms with Crippen molar-refractivity contribution in [3.63, 3.8) is 0 Å². The minimum absolute atomic E-state index is 0.0756. The summed E-state index contributed by atoms with van der Waals surface area (Å²) in [7, 11) is 2.96. The van der Waals surface area contributed by atoms with Crippen molar-refractivity contribution in [3.05, 3.63) is 83.4 Å². The van der Waals surface area contributed by atoms with E-state index >= 15 is 0 Å². The Bertz CT molecular complexity index is 1490. The Balaban J connectivity index is 1.44. The molecule has 4 amide bonds. The van der Waals surface area contributed by atoms with E-state index in [0.717, 1.165) is 25.7 Å². The number of ether oxygens (including phenoxy) is 2. The number of anilines is 3. The molecule has 10 nitrogen and oxygen atoms in total. The zero-order chi connectivity index (χ0) is 32.2. The molecule has 0 unspecified atom stereocenters. The highest BCUT2D eigenvalue weighted by molar-refractivity contribution is 6.30. The van der Waals surface area contributed by atoms with Crippen LogP contribution in [-0.4, -0.2) is 57.7 Å². The Hall–Kier alpha value is -4.57. The molecule has 1 aliphatic rings. The number of carbonyl (C=O) groups excluding carboxylic acids is 4. The number of esters is 1. The number of para-hydroxylation sites is 2. The number of benzene rings is 3. The van der Waals surface area contributed by atoms with Gasteiger partial charge in [-0.1, -0.05) is 61.2 Å². The van der Waals surface area contributed by atoms with Gasteiger partial charge in [-0.2, -0.15) is 0 Å². The minimum atomic E-state index is -0.560. The lowest BCUT2D eigenvalue weighted by molar-refractivity contribution is -0.139. The number of hydrogen-bond acceptors (Lipinski definition) is 6. The van der Waals surface area contributed by atoms with E-state index in [1.165, 1.54) is 18.4 Å². The third kappa shape index (κ3) is 9.97. The molecule has 238 valence electrons. The zero-order valence-corrected chi connectivity index (χ0v) is 26.3. The molecule has 0 aliphatic heterocycles. The number of halogens is 1. The first-order chi connectivity index (χ1) is 21.7. The number of nitrogens with zero attached hydrogens (tertiary/aromatic N) is 2. The highest BCUT2D eigenvalue weighted by Crippen LogP contribution is 2.32. The third-order valence-electron chi connectivity index (χ3n) is 7.70. The van der Waals surface area contributed by atoms with Crippen molar-refractivity contribution in [2.45, 2.75) is 38.5 Å². The molecule has 0 bridgehead atoms. The molecule has 3 aromatic rings. The van der Waals surface area contributed by atoms with E-state index in [-0.39, 0.29) is 37.4 Å². The number of rotatable bonds is 12. The second-order valence-corrected chi connectivity index (χ2v) is 11.4. The van der Waals surface area contributed by atoms with E-state index in [1.807, 2.05) is 6.07 Å². The summed E-state index contributed by atoms with van der Waals surface area (Å²) in [5.74, 6) is -0.291. The summed E-state index contributed by atoms with van der Waals surface area (Å²) in [5, 5.41) is 5.88. The van der Waals surface area contributed by atoms with E-state index in [1.54, 1.807) is 78.7 Å². The van der Waals surface area contributed by atoms with Crippen LogP contribution in [0.4, 0.5) is 21.9 Å². The maximum atomic E-state index is 13.7. The smallest absolute Gasteiger partial charge is 0.319 e. The predicted molar refractivity (Wildman–Crippen MR) is 175 cm³/mol. The molecule has 11 heteroatoms. The highest BCUT2D eigenvalue weighted by atomic mass is 35.5. The largest absolute Gasteiger partial charge is 0.482 e. The summed E-state index contributed by atoms with van der Waals surface area (Å²) in [4.78, 5) is 54.1. The monoisotopic (exact) mass is 634 g/mol. The molecule has 4 rings (SSSR count). The van der Waals surface area contributed by atoms with Crippen molar-refractivity contribution in [2.24, 2.45) is 5.92 Å². The van der Waals surface area contributed by atoms with Gasteiger partial charge in [0.05, 0.1) is 25.8 Å². The van der Waals surface area contributed by atoms with E-state index in [9.17, 15) is 19.2 Å². The first kappa shape index (κ1) is 33.3. The summed E-state index contributed by atoms with van der Waals surface area (Å²) in [6, 6.07) is 20.4. The van der Waals surface area contributed by atoms with Gasteiger partial charge in [-0.3, -0.25) is 14.4 Å². The SMILES string of the molecule is COC(=O)Cc1cccc(NC(=O)NCC(=O)N(CC2CCCCC2)c2ccccc2OCC(=O)N(C)c2cccc(Cl)c2)c1. The summed E-state index contributed by atoms with van der Waals surface area (Å²) >= 11 is 6.09. The Kier molecular flexibility index (Phi) is 12.2. The van der Waals surface area contributed by atoms with E-state index in [0.29, 0.717) is 45.9 Å². The van der Waals surface area contributed by atoms with E-state index in [4.69, 9.17) is 21.1 Å². The number of likely N-dealkylation sites (N-methyl/N-ethyl adjacent to an activating group) is 1. The van der Waals surface area contributed by atoms with Crippen molar-refractivity contribution in [3.8, 4) is 5.75 Å². The second-order valence-electron chi connectivity index (χ2n) is 11.0. The van der Waals surface area contributed by atoms with Crippen LogP contribution in [0, 0.1) is 5.92 Å². The van der Waals surface area contributed by atoms with Crippen LogP contribution in [0.1, 0.15) is 37.7 Å². The number of hydrogen-bond donors (Lipinski definition) is 2. The van der Waals surface area contributed by atoms with Crippen LogP contribution in [0.25, 0.3) is 0 Å². The van der Waals surface area contributed by atoms with Gasteiger partial charge in [0.15, 0.2) is 6.61 Å². The average molecular weight is 635 g/mol. The van der Waals surface area contributed by atoms with Crippen molar-refractivity contribution in [1.29, 1.82) is 0 Å². The van der Waals surface area contributed by atoms with Crippen LogP contribution in [0.15, 0.2) is 72.8 Å². The van der Waals surface area contributed by atoms with Crippen LogP contribution in [0.3, 0.4) is 0 Å². The van der Waals surface area contributed by atoms with Gasteiger partial charge >= 0.3 is 12.0 Å². The Morgan fingerprint density at radius 1 is 0.911 bits per heavy atom. The van der Waals surface area contributed by atoms with Crippen LogP contribution < -0.4 is 25.2 Å². The predicted octanol–water partition coefficient (Wildman–Crippen LogP) is 5.83. The highest BCUT2D eigenvalue weighted by Gasteiger charge is 2.25. The molecule has 3 aromatic carbocycles. The Morgan fingerprint density at radius 2 is 1.67 bits per heavy atom. The van der Waals surface area contributed by atoms with Crippen molar-refractivity contribution in [2.75, 3.05) is 49.0 Å². The molecule has 1 saturated carbocycles. The molecule has 0 spiro atoms. The van der Waals surface area contributed by atoms with Gasteiger partial charge in [-0.25, -0.2) is 4.79 Å². The molecule has 2 N–H and O–H groups in total. The quantitative estimate of drug-likeness (QED) is 0.242.